The van der Waals surface area contributed by atoms with Crippen LogP contribution in [0.4, 0.5) is 5.69 Å². The monoisotopic (exact) mass is 340 g/mol. The van der Waals surface area contributed by atoms with Gasteiger partial charge in [-0.05, 0) is 42.8 Å². The summed E-state index contributed by atoms with van der Waals surface area (Å²) in [6.07, 6.45) is 1.02. The lowest BCUT2D eigenvalue weighted by Crippen LogP contribution is -2.29. The number of aryl methyl sites for hydroxylation is 1. The van der Waals surface area contributed by atoms with Gasteiger partial charge >= 0.3 is 5.97 Å². The Hall–Kier alpha value is -2.66. The number of nitrogens with one attached hydrogen (secondary N) is 1. The van der Waals surface area contributed by atoms with Gasteiger partial charge in [0.1, 0.15) is 0 Å². The second-order valence-electron chi connectivity index (χ2n) is 5.96. The Morgan fingerprint density at radius 1 is 1.08 bits per heavy atom. The summed E-state index contributed by atoms with van der Waals surface area (Å²) in [6, 6.07) is 15.1. The first-order chi connectivity index (χ1) is 12.0. The largest absolute Gasteiger partial charge is 0.465 e. The van der Waals surface area contributed by atoms with Crippen molar-refractivity contribution in [2.45, 2.75) is 19.9 Å². The molecule has 0 unspecified atom stereocenters. The first kappa shape index (κ1) is 18.7. The van der Waals surface area contributed by atoms with Crippen molar-refractivity contribution in [1.82, 2.24) is 4.90 Å². The normalized spacial score (nSPS) is 10.6. The average molecular weight is 340 g/mol. The lowest BCUT2D eigenvalue weighted by molar-refractivity contribution is -0.117. The molecule has 132 valence electrons. The molecule has 0 bridgehead atoms. The van der Waals surface area contributed by atoms with E-state index >= 15 is 0 Å². The summed E-state index contributed by atoms with van der Waals surface area (Å²) in [5.41, 5.74) is 3.45. The van der Waals surface area contributed by atoms with Gasteiger partial charge in [0.2, 0.25) is 5.91 Å². The van der Waals surface area contributed by atoms with Crippen molar-refractivity contribution in [3.63, 3.8) is 0 Å². The summed E-state index contributed by atoms with van der Waals surface area (Å²) in [5.74, 6) is -0.557. The molecule has 0 spiro atoms. The van der Waals surface area contributed by atoms with Crippen LogP contribution < -0.4 is 5.32 Å². The Bertz CT molecular complexity index is 726. The predicted octanol–water partition coefficient (Wildman–Crippen LogP) is 3.11. The molecule has 0 aromatic heterocycles. The summed E-state index contributed by atoms with van der Waals surface area (Å²) in [5, 5.41) is 2.81. The van der Waals surface area contributed by atoms with E-state index in [2.05, 4.69) is 41.2 Å². The minimum atomic E-state index is -0.427. The van der Waals surface area contributed by atoms with E-state index in [1.54, 1.807) is 24.3 Å². The molecule has 0 saturated heterocycles. The van der Waals surface area contributed by atoms with Crippen LogP contribution in [0, 0.1) is 0 Å². The molecule has 0 heterocycles. The van der Waals surface area contributed by atoms with Crippen LogP contribution in [-0.4, -0.2) is 37.5 Å². The predicted molar refractivity (Wildman–Crippen MR) is 98.6 cm³/mol. The zero-order valence-corrected chi connectivity index (χ0v) is 14.9. The Morgan fingerprint density at radius 3 is 2.40 bits per heavy atom. The van der Waals surface area contributed by atoms with Crippen LogP contribution in [0.15, 0.2) is 48.5 Å². The number of ether oxygens (including phenoxy) is 1. The number of carbonyl (C=O) groups is 2. The van der Waals surface area contributed by atoms with Crippen molar-refractivity contribution in [2.24, 2.45) is 0 Å². The molecular formula is C20H24N2O3. The number of carbonyl (C=O) groups excluding carboxylic acids is 2. The third-order valence-corrected chi connectivity index (χ3v) is 3.86. The van der Waals surface area contributed by atoms with Crippen molar-refractivity contribution in [1.29, 1.82) is 0 Å². The van der Waals surface area contributed by atoms with Crippen LogP contribution in [0.1, 0.15) is 28.4 Å². The molecule has 2 aromatic carbocycles. The molecule has 1 amide bonds. The van der Waals surface area contributed by atoms with Gasteiger partial charge < -0.3 is 10.1 Å². The summed E-state index contributed by atoms with van der Waals surface area (Å²) in [7, 11) is 3.23. The maximum absolute atomic E-state index is 12.2. The molecule has 0 aliphatic heterocycles. The topological polar surface area (TPSA) is 58.6 Å². The van der Waals surface area contributed by atoms with Gasteiger partial charge in [-0.2, -0.15) is 0 Å². The SMILES string of the molecule is CCc1ccc(CN(C)CC(=O)Nc2cccc(C(=O)OC)c2)cc1. The van der Waals surface area contributed by atoms with Crippen molar-refractivity contribution >= 4 is 17.6 Å². The van der Waals surface area contributed by atoms with Gasteiger partial charge in [-0.3, -0.25) is 9.69 Å². The number of esters is 1. The first-order valence-corrected chi connectivity index (χ1v) is 8.26. The van der Waals surface area contributed by atoms with Crippen molar-refractivity contribution in [3.8, 4) is 0 Å². The van der Waals surface area contributed by atoms with Gasteiger partial charge in [0, 0.05) is 12.2 Å². The molecule has 0 radical (unpaired) electrons. The summed E-state index contributed by atoms with van der Waals surface area (Å²) >= 11 is 0. The van der Waals surface area contributed by atoms with E-state index in [0.29, 0.717) is 17.8 Å². The van der Waals surface area contributed by atoms with E-state index in [9.17, 15) is 9.59 Å². The number of rotatable bonds is 7. The molecule has 1 N–H and O–H groups in total. The van der Waals surface area contributed by atoms with Crippen LogP contribution >= 0.6 is 0 Å². The number of hydrogen-bond acceptors (Lipinski definition) is 4. The molecule has 0 saturated carbocycles. The number of hydrogen-bond donors (Lipinski definition) is 1. The Kier molecular flexibility index (Phi) is 6.71. The molecule has 0 aliphatic carbocycles. The van der Waals surface area contributed by atoms with E-state index in [1.807, 2.05) is 11.9 Å². The third-order valence-electron chi connectivity index (χ3n) is 3.86. The third kappa shape index (κ3) is 5.72. The maximum Gasteiger partial charge on any atom is 0.337 e. The second kappa shape index (κ2) is 8.99. The van der Waals surface area contributed by atoms with Crippen LogP contribution in [-0.2, 0) is 22.5 Å². The number of nitrogens with zero attached hydrogens (tertiary/aromatic N) is 1. The summed E-state index contributed by atoms with van der Waals surface area (Å²) in [6.45, 7) is 3.08. The highest BCUT2D eigenvalue weighted by molar-refractivity contribution is 5.95. The van der Waals surface area contributed by atoms with E-state index in [-0.39, 0.29) is 12.5 Å². The Morgan fingerprint density at radius 2 is 1.76 bits per heavy atom. The molecule has 2 rings (SSSR count). The molecule has 5 nitrogen and oxygen atoms in total. The van der Waals surface area contributed by atoms with E-state index < -0.39 is 5.97 Å². The standard InChI is InChI=1S/C20H24N2O3/c1-4-15-8-10-16(11-9-15)13-22(2)14-19(23)21-18-7-5-6-17(12-18)20(24)25-3/h5-12H,4,13-14H2,1-3H3,(H,21,23). The lowest BCUT2D eigenvalue weighted by Gasteiger charge is -2.16. The van der Waals surface area contributed by atoms with E-state index in [4.69, 9.17) is 0 Å². The number of methoxy groups -OCH3 is 1. The lowest BCUT2D eigenvalue weighted by atomic mass is 10.1. The van der Waals surface area contributed by atoms with Crippen LogP contribution in [0.3, 0.4) is 0 Å². The van der Waals surface area contributed by atoms with Gasteiger partial charge in [-0.1, -0.05) is 37.3 Å². The fourth-order valence-electron chi connectivity index (χ4n) is 2.54. The Labute approximate surface area is 148 Å². The van der Waals surface area contributed by atoms with Crippen LogP contribution in [0.5, 0.6) is 0 Å². The average Bonchev–Trinajstić information content (AvgIpc) is 2.61. The molecule has 0 aliphatic rings. The fourth-order valence-corrected chi connectivity index (χ4v) is 2.54. The first-order valence-electron chi connectivity index (χ1n) is 8.26. The number of likely N-dealkylation sites (N-methyl/N-ethyl adjacent to an activating group) is 1. The molecule has 5 heteroatoms. The van der Waals surface area contributed by atoms with Crippen molar-refractivity contribution in [2.75, 3.05) is 26.0 Å². The van der Waals surface area contributed by atoms with Gasteiger partial charge in [0.25, 0.3) is 0 Å². The maximum atomic E-state index is 12.2. The molecule has 0 fully saturated rings. The number of amides is 1. The highest BCUT2D eigenvalue weighted by atomic mass is 16.5. The fraction of sp³-hybridized carbons (Fsp3) is 0.300. The second-order valence-corrected chi connectivity index (χ2v) is 5.96. The van der Waals surface area contributed by atoms with Crippen molar-refractivity contribution < 1.29 is 14.3 Å². The van der Waals surface area contributed by atoms with Gasteiger partial charge in [-0.15, -0.1) is 0 Å². The quantitative estimate of drug-likeness (QED) is 0.787. The highest BCUT2D eigenvalue weighted by Crippen LogP contribution is 2.12. The zero-order chi connectivity index (χ0) is 18.2. The minimum absolute atomic E-state index is 0.130. The van der Waals surface area contributed by atoms with E-state index in [1.165, 1.54) is 18.2 Å². The summed E-state index contributed by atoms with van der Waals surface area (Å²) in [4.78, 5) is 25.7. The smallest absolute Gasteiger partial charge is 0.337 e. The number of anilines is 1. The Balaban J connectivity index is 1.89. The minimum Gasteiger partial charge on any atom is -0.465 e. The van der Waals surface area contributed by atoms with Gasteiger partial charge in [-0.25, -0.2) is 4.79 Å². The van der Waals surface area contributed by atoms with Gasteiger partial charge in [0.05, 0.1) is 19.2 Å². The summed E-state index contributed by atoms with van der Waals surface area (Å²) < 4.78 is 4.68. The van der Waals surface area contributed by atoms with Crippen LogP contribution in [0.2, 0.25) is 0 Å². The van der Waals surface area contributed by atoms with E-state index in [0.717, 1.165) is 6.42 Å². The zero-order valence-electron chi connectivity index (χ0n) is 14.9. The van der Waals surface area contributed by atoms with Crippen molar-refractivity contribution in [3.05, 3.63) is 65.2 Å². The molecule has 2 aromatic rings. The number of benzene rings is 2. The van der Waals surface area contributed by atoms with Crippen LogP contribution in [0.25, 0.3) is 0 Å². The molecule has 0 atom stereocenters. The van der Waals surface area contributed by atoms with Gasteiger partial charge in [0.15, 0.2) is 0 Å². The highest BCUT2D eigenvalue weighted by Gasteiger charge is 2.10. The molecule has 25 heavy (non-hydrogen) atoms. The molecular weight excluding hydrogens is 316 g/mol.